The van der Waals surface area contributed by atoms with E-state index in [1.807, 2.05) is 24.3 Å². The van der Waals surface area contributed by atoms with Crippen molar-refractivity contribution in [3.63, 3.8) is 0 Å². The Balaban J connectivity index is 1.53. The quantitative estimate of drug-likeness (QED) is 0.612. The van der Waals surface area contributed by atoms with E-state index >= 15 is 0 Å². The van der Waals surface area contributed by atoms with Crippen LogP contribution in [0.1, 0.15) is 34.8 Å². The van der Waals surface area contributed by atoms with Crippen LogP contribution in [0.3, 0.4) is 0 Å². The number of aliphatic hydroxyl groups excluding tert-OH is 1. The lowest BCUT2D eigenvalue weighted by molar-refractivity contribution is 0.0234. The van der Waals surface area contributed by atoms with E-state index in [2.05, 4.69) is 20.5 Å². The molecule has 0 bridgehead atoms. The van der Waals surface area contributed by atoms with E-state index in [-0.39, 0.29) is 24.0 Å². The second kappa shape index (κ2) is 7.82. The fourth-order valence-electron chi connectivity index (χ4n) is 3.54. The molecular weight excluding hydrogens is 356 g/mol. The zero-order chi connectivity index (χ0) is 19.5. The summed E-state index contributed by atoms with van der Waals surface area (Å²) in [6.45, 7) is 0. The van der Waals surface area contributed by atoms with Crippen molar-refractivity contribution in [1.82, 2.24) is 20.5 Å². The lowest BCUT2D eigenvalue weighted by Crippen LogP contribution is -2.41. The van der Waals surface area contributed by atoms with Crippen LogP contribution in [0.5, 0.6) is 5.75 Å². The van der Waals surface area contributed by atoms with Crippen LogP contribution in [0.4, 0.5) is 0 Å². The van der Waals surface area contributed by atoms with E-state index in [0.29, 0.717) is 24.2 Å². The van der Waals surface area contributed by atoms with Gasteiger partial charge in [-0.2, -0.15) is 5.10 Å². The maximum Gasteiger partial charge on any atom is 0.251 e. The average molecular weight is 378 g/mol. The van der Waals surface area contributed by atoms with Gasteiger partial charge in [-0.3, -0.25) is 14.9 Å². The number of nitrogens with zero attached hydrogens (tertiary/aromatic N) is 2. The molecule has 1 saturated carbocycles. The van der Waals surface area contributed by atoms with Gasteiger partial charge in [0.2, 0.25) is 0 Å². The van der Waals surface area contributed by atoms with E-state index in [4.69, 9.17) is 4.74 Å². The number of H-pyrrole nitrogens is 1. The Labute approximate surface area is 162 Å². The number of carbonyl (C=O) groups is 1. The number of amides is 1. The van der Waals surface area contributed by atoms with Crippen LogP contribution >= 0.6 is 0 Å². The number of aliphatic hydroxyl groups is 1. The van der Waals surface area contributed by atoms with E-state index in [1.165, 1.54) is 0 Å². The van der Waals surface area contributed by atoms with E-state index in [9.17, 15) is 9.90 Å². The fourth-order valence-corrected chi connectivity index (χ4v) is 3.54. The first-order valence-corrected chi connectivity index (χ1v) is 9.21. The maximum absolute atomic E-state index is 12.9. The number of nitrogens with one attached hydrogen (secondary N) is 2. The van der Waals surface area contributed by atoms with Crippen LogP contribution in [0.15, 0.2) is 55.0 Å². The molecule has 1 fully saturated rings. The van der Waals surface area contributed by atoms with Crippen molar-refractivity contribution in [3.05, 3.63) is 66.1 Å². The third-order valence-corrected chi connectivity index (χ3v) is 5.20. The molecule has 2 aromatic heterocycles. The second-order valence-electron chi connectivity index (χ2n) is 7.04. The van der Waals surface area contributed by atoms with Crippen LogP contribution in [-0.4, -0.2) is 39.4 Å². The first-order valence-electron chi connectivity index (χ1n) is 9.21. The van der Waals surface area contributed by atoms with Crippen molar-refractivity contribution in [2.24, 2.45) is 5.92 Å². The van der Waals surface area contributed by atoms with Gasteiger partial charge in [0.05, 0.1) is 31.1 Å². The molecule has 0 saturated heterocycles. The van der Waals surface area contributed by atoms with Gasteiger partial charge < -0.3 is 15.2 Å². The van der Waals surface area contributed by atoms with Crippen LogP contribution in [0, 0.1) is 5.92 Å². The predicted octanol–water partition coefficient (Wildman–Crippen LogP) is 2.72. The van der Waals surface area contributed by atoms with Gasteiger partial charge in [-0.1, -0.05) is 12.1 Å². The predicted molar refractivity (Wildman–Crippen MR) is 104 cm³/mol. The van der Waals surface area contributed by atoms with Crippen LogP contribution < -0.4 is 10.1 Å². The number of pyridine rings is 1. The highest BCUT2D eigenvalue weighted by molar-refractivity contribution is 5.95. The minimum absolute atomic E-state index is 0.162. The molecule has 1 atom stereocenters. The number of ether oxygens (including phenoxy) is 1. The lowest BCUT2D eigenvalue weighted by Gasteiger charge is -2.38. The van der Waals surface area contributed by atoms with Crippen molar-refractivity contribution in [2.75, 3.05) is 7.11 Å². The molecular formula is C21H22N4O3. The highest BCUT2D eigenvalue weighted by Gasteiger charge is 2.36. The average Bonchev–Trinajstić information content (AvgIpc) is 3.25. The van der Waals surface area contributed by atoms with Crippen molar-refractivity contribution >= 4 is 5.91 Å². The Morgan fingerprint density at radius 2 is 2.04 bits per heavy atom. The molecule has 7 heteroatoms. The topological polar surface area (TPSA) is 100 Å². The number of methoxy groups -OCH3 is 1. The maximum atomic E-state index is 12.9. The van der Waals surface area contributed by atoms with Gasteiger partial charge in [-0.25, -0.2) is 0 Å². The molecule has 0 unspecified atom stereocenters. The van der Waals surface area contributed by atoms with E-state index in [0.717, 1.165) is 16.8 Å². The molecule has 1 aliphatic carbocycles. The minimum Gasteiger partial charge on any atom is -0.495 e. The highest BCUT2D eigenvalue weighted by Crippen LogP contribution is 2.38. The van der Waals surface area contributed by atoms with Crippen LogP contribution in [-0.2, 0) is 0 Å². The van der Waals surface area contributed by atoms with E-state index < -0.39 is 0 Å². The number of hydrogen-bond donors (Lipinski definition) is 3. The monoisotopic (exact) mass is 378 g/mol. The summed E-state index contributed by atoms with van der Waals surface area (Å²) in [5.74, 6) is 0.642. The molecule has 4 rings (SSSR count). The standard InChI is InChI=1S/C21H22N4O3/c1-28-18-10-16(11-22-12-18)20(15-8-17(26)9-15)24-21(27)14-4-2-13(3-5-14)19-6-7-23-25-19/h2-7,10-12,15,17,20,26H,8-9H2,1H3,(H,23,25)(H,24,27)/t15?,17?,20-/m0/s1. The molecule has 3 N–H and O–H groups in total. The minimum atomic E-state index is -0.309. The van der Waals surface area contributed by atoms with Gasteiger partial charge >= 0.3 is 0 Å². The smallest absolute Gasteiger partial charge is 0.251 e. The molecule has 144 valence electrons. The molecule has 0 radical (unpaired) electrons. The zero-order valence-electron chi connectivity index (χ0n) is 15.5. The Bertz CT molecular complexity index is 935. The van der Waals surface area contributed by atoms with Crippen molar-refractivity contribution in [3.8, 4) is 17.0 Å². The van der Waals surface area contributed by atoms with E-state index in [1.54, 1.807) is 37.8 Å². The van der Waals surface area contributed by atoms with Crippen molar-refractivity contribution in [2.45, 2.75) is 25.0 Å². The van der Waals surface area contributed by atoms with Crippen molar-refractivity contribution < 1.29 is 14.6 Å². The molecule has 3 aromatic rings. The third-order valence-electron chi connectivity index (χ3n) is 5.20. The van der Waals surface area contributed by atoms with Crippen LogP contribution in [0.2, 0.25) is 0 Å². The number of benzene rings is 1. The molecule has 7 nitrogen and oxygen atoms in total. The van der Waals surface area contributed by atoms with Gasteiger partial charge in [0.25, 0.3) is 5.91 Å². The lowest BCUT2D eigenvalue weighted by atomic mass is 9.75. The highest BCUT2D eigenvalue weighted by atomic mass is 16.5. The number of carbonyl (C=O) groups excluding carboxylic acids is 1. The van der Waals surface area contributed by atoms with Gasteiger partial charge in [0.15, 0.2) is 0 Å². The third kappa shape index (κ3) is 3.75. The fraction of sp³-hybridized carbons (Fsp3) is 0.286. The number of rotatable bonds is 6. The summed E-state index contributed by atoms with van der Waals surface area (Å²) in [4.78, 5) is 17.1. The van der Waals surface area contributed by atoms with Gasteiger partial charge in [-0.05, 0) is 54.2 Å². The zero-order valence-corrected chi connectivity index (χ0v) is 15.5. The Kier molecular flexibility index (Phi) is 5.08. The molecule has 0 spiro atoms. The molecule has 28 heavy (non-hydrogen) atoms. The number of aromatic nitrogens is 3. The summed E-state index contributed by atoms with van der Waals surface area (Å²) in [6.07, 6.45) is 6.06. The molecule has 0 aliphatic heterocycles. The molecule has 1 amide bonds. The summed E-state index contributed by atoms with van der Waals surface area (Å²) in [6, 6.07) is 10.9. The van der Waals surface area contributed by atoms with Gasteiger partial charge in [0, 0.05) is 18.0 Å². The Morgan fingerprint density at radius 1 is 1.25 bits per heavy atom. The largest absolute Gasteiger partial charge is 0.495 e. The Morgan fingerprint density at radius 3 is 2.68 bits per heavy atom. The summed E-state index contributed by atoms with van der Waals surface area (Å²) in [7, 11) is 1.59. The van der Waals surface area contributed by atoms with Gasteiger partial charge in [-0.15, -0.1) is 0 Å². The van der Waals surface area contributed by atoms with Gasteiger partial charge in [0.1, 0.15) is 5.75 Å². The van der Waals surface area contributed by atoms with Crippen molar-refractivity contribution in [1.29, 1.82) is 0 Å². The summed E-state index contributed by atoms with van der Waals surface area (Å²) in [5, 5.41) is 19.7. The van der Waals surface area contributed by atoms with Crippen LogP contribution in [0.25, 0.3) is 11.3 Å². The molecule has 1 aromatic carbocycles. The Hall–Kier alpha value is -3.19. The number of aromatic amines is 1. The normalized spacial score (nSPS) is 19.5. The summed E-state index contributed by atoms with van der Waals surface area (Å²) < 4.78 is 5.26. The number of hydrogen-bond acceptors (Lipinski definition) is 5. The first kappa shape index (κ1) is 18.2. The molecule has 2 heterocycles. The second-order valence-corrected chi connectivity index (χ2v) is 7.04. The molecule has 1 aliphatic rings. The SMILES string of the molecule is COc1cncc([C@@H](NC(=O)c2ccc(-c3ccn[nH]3)cc2)C2CC(O)C2)c1. The summed E-state index contributed by atoms with van der Waals surface area (Å²) in [5.41, 5.74) is 3.31. The first-order chi connectivity index (χ1) is 13.6. The summed E-state index contributed by atoms with van der Waals surface area (Å²) >= 11 is 0.